The minimum absolute atomic E-state index is 0.198. The van der Waals surface area contributed by atoms with Gasteiger partial charge in [-0.05, 0) is 42.7 Å². The van der Waals surface area contributed by atoms with Gasteiger partial charge >= 0.3 is 0 Å². The monoisotopic (exact) mass is 232 g/mol. The number of hydrogen-bond donors (Lipinski definition) is 1. The molecular weight excluding hydrogens is 215 g/mol. The molecule has 3 heteroatoms. The van der Waals surface area contributed by atoms with Crippen molar-refractivity contribution in [2.45, 2.75) is 26.7 Å². The third kappa shape index (κ3) is 2.23. The van der Waals surface area contributed by atoms with Crippen molar-refractivity contribution >= 4 is 16.7 Å². The van der Waals surface area contributed by atoms with Crippen LogP contribution >= 0.6 is 0 Å². The number of benzene rings is 1. The number of hydrogen-bond acceptors (Lipinski definition) is 2. The lowest BCUT2D eigenvalue weighted by Crippen LogP contribution is -2.00. The standard InChI is InChI=1S/C14H17FN2/c1-4-5-10-7-11-8-12(15)6-9(2)13(11)17-14(10)16-3/h6-8H,4-5H2,1-3H3,(H,16,17). The third-order valence-corrected chi connectivity index (χ3v) is 2.91. The zero-order chi connectivity index (χ0) is 12.4. The van der Waals surface area contributed by atoms with Crippen LogP contribution in [0.1, 0.15) is 24.5 Å². The molecule has 0 unspecified atom stereocenters. The van der Waals surface area contributed by atoms with Gasteiger partial charge in [0, 0.05) is 12.4 Å². The molecule has 0 aliphatic carbocycles. The van der Waals surface area contributed by atoms with Crippen molar-refractivity contribution in [1.29, 1.82) is 0 Å². The van der Waals surface area contributed by atoms with E-state index in [2.05, 4.69) is 17.2 Å². The summed E-state index contributed by atoms with van der Waals surface area (Å²) in [4.78, 5) is 4.58. The molecule has 0 aliphatic rings. The van der Waals surface area contributed by atoms with Crippen molar-refractivity contribution in [3.63, 3.8) is 0 Å². The van der Waals surface area contributed by atoms with E-state index in [1.165, 1.54) is 6.07 Å². The first-order valence-electron chi connectivity index (χ1n) is 5.93. The Kier molecular flexibility index (Phi) is 3.27. The molecule has 0 aliphatic heterocycles. The highest BCUT2D eigenvalue weighted by Gasteiger charge is 2.08. The van der Waals surface area contributed by atoms with Gasteiger partial charge in [0.25, 0.3) is 0 Å². The fraction of sp³-hybridized carbons (Fsp3) is 0.357. The lowest BCUT2D eigenvalue weighted by molar-refractivity contribution is 0.628. The minimum atomic E-state index is -0.198. The summed E-state index contributed by atoms with van der Waals surface area (Å²) in [5.74, 6) is 0.700. The Labute approximate surface area is 101 Å². The van der Waals surface area contributed by atoms with E-state index < -0.39 is 0 Å². The van der Waals surface area contributed by atoms with Crippen LogP contribution in [0.3, 0.4) is 0 Å². The Morgan fingerprint density at radius 2 is 2.06 bits per heavy atom. The molecule has 17 heavy (non-hydrogen) atoms. The van der Waals surface area contributed by atoms with E-state index in [1.807, 2.05) is 20.0 Å². The van der Waals surface area contributed by atoms with E-state index in [0.717, 1.165) is 40.7 Å². The molecule has 0 amide bonds. The summed E-state index contributed by atoms with van der Waals surface area (Å²) >= 11 is 0. The number of halogens is 1. The average molecular weight is 232 g/mol. The Hall–Kier alpha value is -1.64. The molecule has 2 rings (SSSR count). The number of rotatable bonds is 3. The summed E-state index contributed by atoms with van der Waals surface area (Å²) in [6.07, 6.45) is 2.00. The number of pyridine rings is 1. The molecule has 1 aromatic carbocycles. The molecule has 0 radical (unpaired) electrons. The largest absolute Gasteiger partial charge is 0.373 e. The molecule has 0 fully saturated rings. The maximum absolute atomic E-state index is 13.4. The van der Waals surface area contributed by atoms with Gasteiger partial charge in [-0.3, -0.25) is 0 Å². The van der Waals surface area contributed by atoms with Crippen molar-refractivity contribution < 1.29 is 4.39 Å². The molecule has 1 aromatic heterocycles. The van der Waals surface area contributed by atoms with Gasteiger partial charge in [0.05, 0.1) is 5.52 Å². The second-order valence-corrected chi connectivity index (χ2v) is 4.29. The summed E-state index contributed by atoms with van der Waals surface area (Å²) in [6, 6.07) is 5.11. The lowest BCUT2D eigenvalue weighted by Gasteiger charge is -2.10. The number of aromatic nitrogens is 1. The Balaban J connectivity index is 2.69. The molecule has 0 spiro atoms. The Morgan fingerprint density at radius 1 is 1.29 bits per heavy atom. The molecule has 0 saturated heterocycles. The molecule has 2 aromatic rings. The van der Waals surface area contributed by atoms with Crippen LogP contribution in [-0.4, -0.2) is 12.0 Å². The van der Waals surface area contributed by atoms with Gasteiger partial charge in [0.2, 0.25) is 0 Å². The predicted molar refractivity (Wildman–Crippen MR) is 70.0 cm³/mol. The van der Waals surface area contributed by atoms with Crippen molar-refractivity contribution in [3.05, 3.63) is 35.1 Å². The first kappa shape index (κ1) is 11.8. The Morgan fingerprint density at radius 3 is 2.71 bits per heavy atom. The summed E-state index contributed by atoms with van der Waals surface area (Å²) < 4.78 is 13.4. The van der Waals surface area contributed by atoms with Crippen LogP contribution in [0.25, 0.3) is 10.9 Å². The van der Waals surface area contributed by atoms with Crippen LogP contribution in [0.4, 0.5) is 10.2 Å². The van der Waals surface area contributed by atoms with E-state index in [4.69, 9.17) is 0 Å². The predicted octanol–water partition coefficient (Wildman–Crippen LogP) is 3.68. The quantitative estimate of drug-likeness (QED) is 0.873. The van der Waals surface area contributed by atoms with Crippen molar-refractivity contribution in [2.24, 2.45) is 0 Å². The highest BCUT2D eigenvalue weighted by Crippen LogP contribution is 2.24. The van der Waals surface area contributed by atoms with E-state index in [1.54, 1.807) is 6.07 Å². The van der Waals surface area contributed by atoms with Gasteiger partial charge in [-0.1, -0.05) is 13.3 Å². The normalized spacial score (nSPS) is 10.8. The van der Waals surface area contributed by atoms with Gasteiger partial charge in [0.1, 0.15) is 11.6 Å². The zero-order valence-corrected chi connectivity index (χ0v) is 10.5. The minimum Gasteiger partial charge on any atom is -0.373 e. The summed E-state index contributed by atoms with van der Waals surface area (Å²) in [5.41, 5.74) is 2.89. The topological polar surface area (TPSA) is 24.9 Å². The zero-order valence-electron chi connectivity index (χ0n) is 10.5. The van der Waals surface area contributed by atoms with Gasteiger partial charge in [-0.25, -0.2) is 9.37 Å². The molecule has 1 heterocycles. The number of fused-ring (bicyclic) bond motifs is 1. The molecule has 0 atom stereocenters. The van der Waals surface area contributed by atoms with E-state index in [0.29, 0.717) is 0 Å². The highest BCUT2D eigenvalue weighted by molar-refractivity contribution is 5.84. The highest BCUT2D eigenvalue weighted by atomic mass is 19.1. The molecular formula is C14H17FN2. The smallest absolute Gasteiger partial charge is 0.129 e. The molecule has 2 nitrogen and oxygen atoms in total. The van der Waals surface area contributed by atoms with Crippen LogP contribution in [0.15, 0.2) is 18.2 Å². The summed E-state index contributed by atoms with van der Waals surface area (Å²) in [5, 5.41) is 3.99. The van der Waals surface area contributed by atoms with Crippen LogP contribution in [0.5, 0.6) is 0 Å². The summed E-state index contributed by atoms with van der Waals surface area (Å²) in [7, 11) is 1.87. The van der Waals surface area contributed by atoms with E-state index in [-0.39, 0.29) is 5.82 Å². The number of anilines is 1. The fourth-order valence-electron chi connectivity index (χ4n) is 2.14. The van der Waals surface area contributed by atoms with Gasteiger partial charge in [-0.15, -0.1) is 0 Å². The first-order chi connectivity index (χ1) is 8.15. The number of nitrogens with one attached hydrogen (secondary N) is 1. The Bertz CT molecular complexity index is 549. The van der Waals surface area contributed by atoms with Crippen LogP contribution in [-0.2, 0) is 6.42 Å². The van der Waals surface area contributed by atoms with Crippen molar-refractivity contribution in [3.8, 4) is 0 Å². The van der Waals surface area contributed by atoms with Crippen molar-refractivity contribution in [2.75, 3.05) is 12.4 Å². The average Bonchev–Trinajstić information content (AvgIpc) is 2.28. The lowest BCUT2D eigenvalue weighted by atomic mass is 10.1. The van der Waals surface area contributed by atoms with E-state index in [9.17, 15) is 4.39 Å². The van der Waals surface area contributed by atoms with Gasteiger partial charge < -0.3 is 5.32 Å². The van der Waals surface area contributed by atoms with Gasteiger partial charge in [0.15, 0.2) is 0 Å². The van der Waals surface area contributed by atoms with Gasteiger partial charge in [-0.2, -0.15) is 0 Å². The molecule has 0 saturated carbocycles. The van der Waals surface area contributed by atoms with Crippen LogP contribution in [0, 0.1) is 12.7 Å². The molecule has 1 N–H and O–H groups in total. The van der Waals surface area contributed by atoms with Crippen LogP contribution < -0.4 is 5.32 Å². The second kappa shape index (κ2) is 4.70. The van der Waals surface area contributed by atoms with Crippen LogP contribution in [0.2, 0.25) is 0 Å². The van der Waals surface area contributed by atoms with E-state index >= 15 is 0 Å². The molecule has 90 valence electrons. The number of nitrogens with zero attached hydrogens (tertiary/aromatic N) is 1. The first-order valence-corrected chi connectivity index (χ1v) is 5.93. The number of aryl methyl sites for hydroxylation is 2. The maximum atomic E-state index is 13.4. The molecule has 0 bridgehead atoms. The second-order valence-electron chi connectivity index (χ2n) is 4.29. The fourth-order valence-corrected chi connectivity index (χ4v) is 2.14. The third-order valence-electron chi connectivity index (χ3n) is 2.91. The maximum Gasteiger partial charge on any atom is 0.129 e. The summed E-state index contributed by atoms with van der Waals surface area (Å²) in [6.45, 7) is 4.01. The SMILES string of the molecule is CCCc1cc2cc(F)cc(C)c2nc1NC. The van der Waals surface area contributed by atoms with Crippen molar-refractivity contribution in [1.82, 2.24) is 4.98 Å².